The summed E-state index contributed by atoms with van der Waals surface area (Å²) in [6.45, 7) is 5.73. The number of carbonyl (C=O) groups is 1. The van der Waals surface area contributed by atoms with Crippen LogP contribution in [0.25, 0.3) is 0 Å². The maximum Gasteiger partial charge on any atom is 0.275 e. The van der Waals surface area contributed by atoms with E-state index < -0.39 is 0 Å². The smallest absolute Gasteiger partial charge is 0.275 e. The van der Waals surface area contributed by atoms with Crippen LogP contribution < -0.4 is 0 Å². The Kier molecular flexibility index (Phi) is 4.80. The van der Waals surface area contributed by atoms with Crippen molar-refractivity contribution in [3.05, 3.63) is 47.0 Å². The minimum atomic E-state index is 0.00260. The molecule has 1 atom stereocenters. The first-order chi connectivity index (χ1) is 10.7. The quantitative estimate of drug-likeness (QED) is 0.871. The number of aromatic nitrogens is 2. The van der Waals surface area contributed by atoms with Crippen molar-refractivity contribution in [3.63, 3.8) is 0 Å². The number of rotatable bonds is 3. The standard InChI is InChI=1S/C16H20N4OS/c1-13-10-19(11-14-6-3-2-4-7-14)8-5-9-20(13)16(21)15-12-22-18-17-15/h2-4,6-7,12-13H,5,8-11H2,1H3. The van der Waals surface area contributed by atoms with Crippen molar-refractivity contribution in [3.8, 4) is 0 Å². The molecule has 0 N–H and O–H groups in total. The first-order valence-corrected chi connectivity index (χ1v) is 8.42. The van der Waals surface area contributed by atoms with Gasteiger partial charge in [0, 0.05) is 37.6 Å². The zero-order valence-corrected chi connectivity index (χ0v) is 13.5. The van der Waals surface area contributed by atoms with Gasteiger partial charge in [-0.25, -0.2) is 0 Å². The van der Waals surface area contributed by atoms with Crippen LogP contribution in [-0.4, -0.2) is 51.0 Å². The van der Waals surface area contributed by atoms with Crippen molar-refractivity contribution in [1.82, 2.24) is 19.4 Å². The molecule has 1 amide bonds. The molecule has 0 bridgehead atoms. The summed E-state index contributed by atoms with van der Waals surface area (Å²) >= 11 is 1.22. The lowest BCUT2D eigenvalue weighted by atomic mass is 10.2. The topological polar surface area (TPSA) is 49.3 Å². The van der Waals surface area contributed by atoms with Crippen LogP contribution in [0.5, 0.6) is 0 Å². The van der Waals surface area contributed by atoms with Gasteiger partial charge in [0.05, 0.1) is 0 Å². The van der Waals surface area contributed by atoms with E-state index in [9.17, 15) is 4.79 Å². The van der Waals surface area contributed by atoms with E-state index >= 15 is 0 Å². The Morgan fingerprint density at radius 3 is 2.86 bits per heavy atom. The molecule has 0 aliphatic carbocycles. The average Bonchev–Trinajstić information content (AvgIpc) is 3.00. The van der Waals surface area contributed by atoms with Gasteiger partial charge in [-0.05, 0) is 30.4 Å². The first-order valence-electron chi connectivity index (χ1n) is 7.58. The molecule has 2 aromatic rings. The van der Waals surface area contributed by atoms with Crippen molar-refractivity contribution in [1.29, 1.82) is 0 Å². The Balaban J connectivity index is 1.65. The van der Waals surface area contributed by atoms with E-state index in [1.807, 2.05) is 11.0 Å². The number of nitrogens with zero attached hydrogens (tertiary/aromatic N) is 4. The second-order valence-corrected chi connectivity index (χ2v) is 6.32. The molecule has 1 aliphatic heterocycles. The molecule has 5 nitrogen and oxygen atoms in total. The van der Waals surface area contributed by atoms with Gasteiger partial charge in [-0.15, -0.1) is 5.10 Å². The van der Waals surface area contributed by atoms with Gasteiger partial charge in [-0.2, -0.15) is 0 Å². The number of amides is 1. The lowest BCUT2D eigenvalue weighted by Crippen LogP contribution is -2.42. The molecule has 6 heteroatoms. The van der Waals surface area contributed by atoms with Gasteiger partial charge in [0.2, 0.25) is 0 Å². The van der Waals surface area contributed by atoms with E-state index in [-0.39, 0.29) is 11.9 Å². The van der Waals surface area contributed by atoms with Crippen LogP contribution in [0.15, 0.2) is 35.7 Å². The van der Waals surface area contributed by atoms with Crippen LogP contribution >= 0.6 is 11.5 Å². The largest absolute Gasteiger partial charge is 0.333 e. The van der Waals surface area contributed by atoms with Crippen LogP contribution in [0, 0.1) is 0 Å². The summed E-state index contributed by atoms with van der Waals surface area (Å²) in [6.07, 6.45) is 0.987. The number of benzene rings is 1. The van der Waals surface area contributed by atoms with E-state index in [0.717, 1.165) is 32.6 Å². The fourth-order valence-corrected chi connectivity index (χ4v) is 3.37. The van der Waals surface area contributed by atoms with Crippen molar-refractivity contribution >= 4 is 17.4 Å². The van der Waals surface area contributed by atoms with Gasteiger partial charge in [0.25, 0.3) is 5.91 Å². The average molecular weight is 316 g/mol. The van der Waals surface area contributed by atoms with Crippen molar-refractivity contribution < 1.29 is 4.79 Å². The molecular formula is C16H20N4OS. The minimum Gasteiger partial charge on any atom is -0.333 e. The van der Waals surface area contributed by atoms with Crippen LogP contribution in [0.1, 0.15) is 29.4 Å². The number of hydrogen-bond acceptors (Lipinski definition) is 5. The summed E-state index contributed by atoms with van der Waals surface area (Å²) in [5.41, 5.74) is 1.78. The van der Waals surface area contributed by atoms with Crippen molar-refractivity contribution in [2.45, 2.75) is 25.9 Å². The van der Waals surface area contributed by atoms with Gasteiger partial charge in [-0.1, -0.05) is 34.8 Å². The third-order valence-corrected chi connectivity index (χ3v) is 4.52. The Hall–Kier alpha value is -1.79. The molecule has 0 spiro atoms. The summed E-state index contributed by atoms with van der Waals surface area (Å²) in [5.74, 6) is 0.00260. The van der Waals surface area contributed by atoms with Crippen LogP contribution in [0.4, 0.5) is 0 Å². The first kappa shape index (κ1) is 15.1. The molecule has 0 saturated carbocycles. The maximum absolute atomic E-state index is 12.5. The fraction of sp³-hybridized carbons (Fsp3) is 0.438. The van der Waals surface area contributed by atoms with E-state index in [4.69, 9.17) is 0 Å². The molecule has 1 fully saturated rings. The fourth-order valence-electron chi connectivity index (χ4n) is 2.94. The van der Waals surface area contributed by atoms with Crippen molar-refractivity contribution in [2.75, 3.05) is 19.6 Å². The zero-order chi connectivity index (χ0) is 15.4. The molecule has 1 aromatic heterocycles. The van der Waals surface area contributed by atoms with E-state index in [2.05, 4.69) is 45.7 Å². The summed E-state index contributed by atoms with van der Waals surface area (Å²) in [7, 11) is 0. The lowest BCUT2D eigenvalue weighted by molar-refractivity contribution is 0.0685. The lowest BCUT2D eigenvalue weighted by Gasteiger charge is -2.28. The Morgan fingerprint density at radius 1 is 1.32 bits per heavy atom. The highest BCUT2D eigenvalue weighted by molar-refractivity contribution is 7.03. The summed E-state index contributed by atoms with van der Waals surface area (Å²) in [6, 6.07) is 10.7. The van der Waals surface area contributed by atoms with Crippen LogP contribution in [-0.2, 0) is 6.54 Å². The van der Waals surface area contributed by atoms with Gasteiger partial charge in [0.15, 0.2) is 5.69 Å². The van der Waals surface area contributed by atoms with Gasteiger partial charge < -0.3 is 4.90 Å². The monoisotopic (exact) mass is 316 g/mol. The second-order valence-electron chi connectivity index (χ2n) is 5.71. The minimum absolute atomic E-state index is 0.00260. The summed E-state index contributed by atoms with van der Waals surface area (Å²) in [4.78, 5) is 16.9. The molecule has 1 aliphatic rings. The molecule has 1 aromatic carbocycles. The maximum atomic E-state index is 12.5. The Morgan fingerprint density at radius 2 is 2.14 bits per heavy atom. The highest BCUT2D eigenvalue weighted by Gasteiger charge is 2.27. The predicted molar refractivity (Wildman–Crippen MR) is 86.7 cm³/mol. The molecule has 2 heterocycles. The van der Waals surface area contributed by atoms with Crippen molar-refractivity contribution in [2.24, 2.45) is 0 Å². The third kappa shape index (κ3) is 3.51. The number of hydrogen-bond donors (Lipinski definition) is 0. The molecule has 22 heavy (non-hydrogen) atoms. The highest BCUT2D eigenvalue weighted by atomic mass is 32.1. The highest BCUT2D eigenvalue weighted by Crippen LogP contribution is 2.15. The summed E-state index contributed by atoms with van der Waals surface area (Å²) < 4.78 is 3.79. The SMILES string of the molecule is CC1CN(Cc2ccccc2)CCCN1C(=O)c1csnn1. The molecular weight excluding hydrogens is 296 g/mol. The predicted octanol–water partition coefficient (Wildman–Crippen LogP) is 2.27. The molecule has 0 radical (unpaired) electrons. The second kappa shape index (κ2) is 6.98. The molecule has 1 unspecified atom stereocenters. The summed E-state index contributed by atoms with van der Waals surface area (Å²) in [5, 5.41) is 5.63. The molecule has 3 rings (SSSR count). The van der Waals surface area contributed by atoms with E-state index in [0.29, 0.717) is 5.69 Å². The third-order valence-electron chi connectivity index (χ3n) is 4.02. The van der Waals surface area contributed by atoms with E-state index in [1.165, 1.54) is 17.1 Å². The number of carbonyl (C=O) groups excluding carboxylic acids is 1. The zero-order valence-electron chi connectivity index (χ0n) is 12.7. The van der Waals surface area contributed by atoms with Gasteiger partial charge in [0.1, 0.15) is 0 Å². The van der Waals surface area contributed by atoms with E-state index in [1.54, 1.807) is 5.38 Å². The Bertz CT molecular complexity index is 602. The molecule has 116 valence electrons. The Labute approximate surface area is 134 Å². The van der Waals surface area contributed by atoms with Gasteiger partial charge >= 0.3 is 0 Å². The normalized spacial score (nSPS) is 19.9. The molecule has 1 saturated heterocycles. The van der Waals surface area contributed by atoms with Gasteiger partial charge in [-0.3, -0.25) is 9.69 Å². The van der Waals surface area contributed by atoms with Crippen LogP contribution in [0.2, 0.25) is 0 Å². The van der Waals surface area contributed by atoms with Crippen LogP contribution in [0.3, 0.4) is 0 Å².